The van der Waals surface area contributed by atoms with Gasteiger partial charge in [0.25, 0.3) is 5.91 Å². The Bertz CT molecular complexity index is 1260. The average molecular weight is 501 g/mol. The molecule has 2 atom stereocenters. The van der Waals surface area contributed by atoms with Crippen molar-refractivity contribution in [3.63, 3.8) is 0 Å². The third-order valence-electron chi connectivity index (χ3n) is 5.73. The van der Waals surface area contributed by atoms with Crippen LogP contribution in [0, 0.1) is 11.7 Å². The maximum absolute atomic E-state index is 13.9. The van der Waals surface area contributed by atoms with Gasteiger partial charge in [-0.15, -0.1) is 13.2 Å². The van der Waals surface area contributed by atoms with Crippen molar-refractivity contribution in [2.24, 2.45) is 5.92 Å². The minimum Gasteiger partial charge on any atom is -0.403 e. The molecule has 188 valence electrons. The largest absolute Gasteiger partial charge is 0.573 e. The first-order valence-corrected chi connectivity index (χ1v) is 11.2. The normalized spacial score (nSPS) is 17.6. The predicted molar refractivity (Wildman–Crippen MR) is 124 cm³/mol. The molecule has 1 aliphatic heterocycles. The zero-order chi connectivity index (χ0) is 26.0. The van der Waals surface area contributed by atoms with Crippen LogP contribution in [0.25, 0.3) is 0 Å². The van der Waals surface area contributed by atoms with E-state index in [1.165, 1.54) is 0 Å². The van der Waals surface area contributed by atoms with E-state index < -0.39 is 35.8 Å². The molecule has 0 bridgehead atoms. The molecule has 4 rings (SSSR count). The van der Waals surface area contributed by atoms with E-state index in [1.54, 1.807) is 53.7 Å². The summed E-state index contributed by atoms with van der Waals surface area (Å²) in [5.41, 5.74) is 1.37. The topological polar surface area (TPSA) is 71.5 Å². The number of fused-ring (bicyclic) bond motifs is 1. The third kappa shape index (κ3) is 5.32. The summed E-state index contributed by atoms with van der Waals surface area (Å²) < 4.78 is 55.7. The van der Waals surface area contributed by atoms with Crippen molar-refractivity contribution in [1.82, 2.24) is 9.88 Å². The van der Waals surface area contributed by atoms with Gasteiger partial charge in [0, 0.05) is 36.3 Å². The number of hydrogen-bond acceptors (Lipinski definition) is 4. The zero-order valence-corrected chi connectivity index (χ0v) is 19.4. The van der Waals surface area contributed by atoms with E-state index >= 15 is 0 Å². The Morgan fingerprint density at radius 2 is 1.89 bits per heavy atom. The van der Waals surface area contributed by atoms with Gasteiger partial charge in [0.05, 0.1) is 12.0 Å². The van der Waals surface area contributed by atoms with Gasteiger partial charge >= 0.3 is 6.36 Å². The molecule has 10 heteroatoms. The van der Waals surface area contributed by atoms with Crippen LogP contribution in [-0.4, -0.2) is 34.6 Å². The number of anilines is 1. The van der Waals surface area contributed by atoms with E-state index in [1.807, 2.05) is 13.8 Å². The Morgan fingerprint density at radius 3 is 2.56 bits per heavy atom. The van der Waals surface area contributed by atoms with Gasteiger partial charge in [0.15, 0.2) is 11.6 Å². The Balaban J connectivity index is 1.78. The smallest absolute Gasteiger partial charge is 0.403 e. The van der Waals surface area contributed by atoms with Crippen LogP contribution in [0.4, 0.5) is 23.2 Å². The van der Waals surface area contributed by atoms with Crippen molar-refractivity contribution >= 4 is 17.5 Å². The number of benzene rings is 2. The molecule has 2 heterocycles. The van der Waals surface area contributed by atoms with Crippen LogP contribution >= 0.6 is 0 Å². The summed E-state index contributed by atoms with van der Waals surface area (Å²) in [5, 5.41) is 2.58. The van der Waals surface area contributed by atoms with Crippen LogP contribution in [0.15, 0.2) is 67.0 Å². The third-order valence-corrected chi connectivity index (χ3v) is 5.73. The Kier molecular flexibility index (Phi) is 6.96. The van der Waals surface area contributed by atoms with Crippen molar-refractivity contribution in [3.05, 3.63) is 89.5 Å². The molecule has 0 unspecified atom stereocenters. The number of nitrogens with zero attached hydrogens (tertiary/aromatic N) is 2. The first-order valence-electron chi connectivity index (χ1n) is 11.2. The second kappa shape index (κ2) is 9.96. The summed E-state index contributed by atoms with van der Waals surface area (Å²) in [5.74, 6) is -3.94. The highest BCUT2D eigenvalue weighted by molar-refractivity contribution is 6.04. The summed E-state index contributed by atoms with van der Waals surface area (Å²) in [7, 11) is 0. The fraction of sp³-hybridized carbons (Fsp3) is 0.269. The first-order chi connectivity index (χ1) is 17.0. The molecule has 0 fully saturated rings. The minimum absolute atomic E-state index is 0.0845. The van der Waals surface area contributed by atoms with E-state index in [4.69, 9.17) is 0 Å². The molecular formula is C26H23F4N3O3. The van der Waals surface area contributed by atoms with Crippen LogP contribution in [0.1, 0.15) is 47.3 Å². The number of amides is 2. The average Bonchev–Trinajstić information content (AvgIpc) is 2.82. The maximum Gasteiger partial charge on any atom is 0.573 e. The van der Waals surface area contributed by atoms with Gasteiger partial charge in [0.2, 0.25) is 5.91 Å². The van der Waals surface area contributed by atoms with Crippen LogP contribution in [0.5, 0.6) is 5.75 Å². The van der Waals surface area contributed by atoms with Gasteiger partial charge in [-0.3, -0.25) is 14.6 Å². The molecule has 1 aliphatic rings. The summed E-state index contributed by atoms with van der Waals surface area (Å²) in [6.07, 6.45) is -1.95. The highest BCUT2D eigenvalue weighted by atomic mass is 19.4. The minimum atomic E-state index is -5.10. The van der Waals surface area contributed by atoms with Gasteiger partial charge in [-0.25, -0.2) is 4.39 Å². The number of aromatic nitrogens is 1. The SMILES string of the molecule is CC(C)CN1C(=O)c2ccccc2[C@@H](C(=O)Nc2ccc(F)c(OC(F)(F)F)c2)[C@@H]1c1cccnc1. The maximum atomic E-state index is 13.9. The molecule has 0 radical (unpaired) electrons. The van der Waals surface area contributed by atoms with Gasteiger partial charge in [-0.05, 0) is 41.3 Å². The lowest BCUT2D eigenvalue weighted by Crippen LogP contribution is -2.47. The highest BCUT2D eigenvalue weighted by Crippen LogP contribution is 2.43. The second-order valence-electron chi connectivity index (χ2n) is 8.83. The Morgan fingerprint density at radius 1 is 1.14 bits per heavy atom. The highest BCUT2D eigenvalue weighted by Gasteiger charge is 2.44. The number of halogens is 4. The summed E-state index contributed by atoms with van der Waals surface area (Å²) in [4.78, 5) is 33.0. The molecule has 2 amide bonds. The van der Waals surface area contributed by atoms with E-state index in [2.05, 4.69) is 15.0 Å². The summed E-state index contributed by atoms with van der Waals surface area (Å²) in [6.45, 7) is 4.25. The van der Waals surface area contributed by atoms with E-state index in [-0.39, 0.29) is 17.5 Å². The number of pyridine rings is 1. The molecule has 36 heavy (non-hydrogen) atoms. The lowest BCUT2D eigenvalue weighted by atomic mass is 9.79. The van der Waals surface area contributed by atoms with Gasteiger partial charge < -0.3 is 15.0 Å². The molecule has 1 N–H and O–H groups in total. The number of carbonyl (C=O) groups excluding carboxylic acids is 2. The molecule has 1 aromatic heterocycles. The van der Waals surface area contributed by atoms with E-state index in [9.17, 15) is 27.2 Å². The lowest BCUT2D eigenvalue weighted by molar-refractivity contribution is -0.275. The van der Waals surface area contributed by atoms with E-state index in [0.717, 1.165) is 18.2 Å². The molecule has 0 saturated heterocycles. The molecule has 0 spiro atoms. The second-order valence-corrected chi connectivity index (χ2v) is 8.83. The van der Waals surface area contributed by atoms with Crippen molar-refractivity contribution in [3.8, 4) is 5.75 Å². The van der Waals surface area contributed by atoms with Gasteiger partial charge in [0.1, 0.15) is 0 Å². The first kappa shape index (κ1) is 25.2. The van der Waals surface area contributed by atoms with Crippen molar-refractivity contribution in [2.75, 3.05) is 11.9 Å². The predicted octanol–water partition coefficient (Wildman–Crippen LogP) is 5.69. The quantitative estimate of drug-likeness (QED) is 0.440. The van der Waals surface area contributed by atoms with Crippen LogP contribution in [0.3, 0.4) is 0 Å². The molecule has 0 aliphatic carbocycles. The molecule has 6 nitrogen and oxygen atoms in total. The zero-order valence-electron chi connectivity index (χ0n) is 19.4. The number of rotatable bonds is 6. The Labute approximate surface area is 204 Å². The standard InChI is InChI=1S/C26H23F4N3O3/c1-15(2)14-33-23(16-6-5-11-31-13-16)22(18-7-3-4-8-19(18)25(33)35)24(34)32-17-9-10-20(27)21(12-17)36-26(28,29)30/h3-13,15,22-23H,14H2,1-2H3,(H,32,34)/t22-,23+/m1/s1. The van der Waals surface area contributed by atoms with Crippen molar-refractivity contribution in [2.45, 2.75) is 32.2 Å². The molecule has 0 saturated carbocycles. The van der Waals surface area contributed by atoms with Gasteiger partial charge in [-0.2, -0.15) is 0 Å². The van der Waals surface area contributed by atoms with E-state index in [0.29, 0.717) is 23.2 Å². The molecule has 2 aromatic carbocycles. The van der Waals surface area contributed by atoms with Crippen LogP contribution < -0.4 is 10.1 Å². The summed E-state index contributed by atoms with van der Waals surface area (Å²) in [6, 6.07) is 12.1. The number of carbonyl (C=O) groups is 2. The number of ether oxygens (including phenoxy) is 1. The Hall–Kier alpha value is -3.95. The van der Waals surface area contributed by atoms with Crippen LogP contribution in [0.2, 0.25) is 0 Å². The van der Waals surface area contributed by atoms with Crippen molar-refractivity contribution in [1.29, 1.82) is 0 Å². The lowest BCUT2D eigenvalue weighted by Gasteiger charge is -2.42. The van der Waals surface area contributed by atoms with Gasteiger partial charge in [-0.1, -0.05) is 38.1 Å². The fourth-order valence-electron chi connectivity index (χ4n) is 4.40. The molecular weight excluding hydrogens is 478 g/mol. The monoisotopic (exact) mass is 501 g/mol. The van der Waals surface area contributed by atoms with Crippen molar-refractivity contribution < 1.29 is 31.9 Å². The number of hydrogen-bond donors (Lipinski definition) is 1. The molecule has 3 aromatic rings. The van der Waals surface area contributed by atoms with Crippen LogP contribution in [-0.2, 0) is 4.79 Å². The fourth-order valence-corrected chi connectivity index (χ4v) is 4.40. The summed E-state index contributed by atoms with van der Waals surface area (Å²) >= 11 is 0. The number of alkyl halides is 3. The number of nitrogens with one attached hydrogen (secondary N) is 1.